The second kappa shape index (κ2) is 5.97. The Morgan fingerprint density at radius 1 is 1.10 bits per heavy atom. The fourth-order valence-corrected chi connectivity index (χ4v) is 1.65. The number of hydrogen-bond acceptors (Lipinski definition) is 3. The van der Waals surface area contributed by atoms with Gasteiger partial charge in [-0.05, 0) is 36.8 Å². The van der Waals surface area contributed by atoms with E-state index in [1.54, 1.807) is 24.3 Å². The molecule has 102 valence electrons. The van der Waals surface area contributed by atoms with Crippen molar-refractivity contribution in [2.45, 2.75) is 13.5 Å². The molecule has 0 spiro atoms. The van der Waals surface area contributed by atoms with Gasteiger partial charge in [-0.25, -0.2) is 4.79 Å². The highest BCUT2D eigenvalue weighted by molar-refractivity contribution is 5.93. The van der Waals surface area contributed by atoms with E-state index < -0.39 is 5.97 Å². The minimum Gasteiger partial charge on any atom is -0.478 e. The summed E-state index contributed by atoms with van der Waals surface area (Å²) in [5.74, 6) is -1.17. The number of aromatic carboxylic acids is 1. The van der Waals surface area contributed by atoms with E-state index in [2.05, 4.69) is 10.3 Å². The van der Waals surface area contributed by atoms with Crippen molar-refractivity contribution in [1.29, 1.82) is 0 Å². The number of carboxylic acids is 1. The number of nitrogens with one attached hydrogen (secondary N) is 1. The van der Waals surface area contributed by atoms with E-state index in [1.165, 1.54) is 18.3 Å². The summed E-state index contributed by atoms with van der Waals surface area (Å²) in [6.45, 7) is 2.19. The molecule has 0 aliphatic rings. The molecule has 0 saturated carbocycles. The Labute approximate surface area is 116 Å². The van der Waals surface area contributed by atoms with Gasteiger partial charge in [0.15, 0.2) is 0 Å². The van der Waals surface area contributed by atoms with E-state index in [1.807, 2.05) is 6.92 Å². The maximum Gasteiger partial charge on any atom is 0.335 e. The van der Waals surface area contributed by atoms with Gasteiger partial charge in [0.2, 0.25) is 0 Å². The van der Waals surface area contributed by atoms with Crippen molar-refractivity contribution < 1.29 is 14.7 Å². The molecule has 2 rings (SSSR count). The van der Waals surface area contributed by atoms with Crippen molar-refractivity contribution in [3.8, 4) is 0 Å². The van der Waals surface area contributed by atoms with E-state index in [0.717, 1.165) is 11.3 Å². The lowest BCUT2D eigenvalue weighted by molar-refractivity contribution is 0.0696. The Hall–Kier alpha value is -2.69. The van der Waals surface area contributed by atoms with Gasteiger partial charge >= 0.3 is 5.97 Å². The lowest BCUT2D eigenvalue weighted by Crippen LogP contribution is -2.22. The topological polar surface area (TPSA) is 79.3 Å². The van der Waals surface area contributed by atoms with Crippen molar-refractivity contribution in [1.82, 2.24) is 10.3 Å². The molecule has 1 aromatic heterocycles. The SMILES string of the molecule is Cc1ccc(C(=O)NCc2ccc(C(=O)O)cc2)cn1. The number of carboxylic acid groups (broad SMARTS) is 1. The lowest BCUT2D eigenvalue weighted by atomic mass is 10.1. The highest BCUT2D eigenvalue weighted by atomic mass is 16.4. The summed E-state index contributed by atoms with van der Waals surface area (Å²) in [5.41, 5.74) is 2.41. The average molecular weight is 270 g/mol. The number of carbonyl (C=O) groups is 2. The summed E-state index contributed by atoms with van der Waals surface area (Å²) < 4.78 is 0. The second-order valence-corrected chi connectivity index (χ2v) is 4.37. The highest BCUT2D eigenvalue weighted by Gasteiger charge is 2.06. The zero-order valence-electron chi connectivity index (χ0n) is 11.0. The van der Waals surface area contributed by atoms with Gasteiger partial charge in [0, 0.05) is 18.4 Å². The van der Waals surface area contributed by atoms with Gasteiger partial charge in [0.25, 0.3) is 5.91 Å². The van der Waals surface area contributed by atoms with E-state index >= 15 is 0 Å². The minimum absolute atomic E-state index is 0.209. The molecule has 0 fully saturated rings. The molecule has 0 aliphatic heterocycles. The van der Waals surface area contributed by atoms with Crippen LogP contribution in [0.2, 0.25) is 0 Å². The van der Waals surface area contributed by atoms with Crippen LogP contribution in [0.1, 0.15) is 32.0 Å². The molecule has 0 saturated heterocycles. The fraction of sp³-hybridized carbons (Fsp3) is 0.133. The Morgan fingerprint density at radius 2 is 1.75 bits per heavy atom. The predicted molar refractivity (Wildman–Crippen MR) is 73.5 cm³/mol. The zero-order valence-corrected chi connectivity index (χ0v) is 11.0. The summed E-state index contributed by atoms with van der Waals surface area (Å²) in [6, 6.07) is 9.87. The van der Waals surface area contributed by atoms with Crippen LogP contribution < -0.4 is 5.32 Å². The molecule has 1 heterocycles. The molecular weight excluding hydrogens is 256 g/mol. The maximum absolute atomic E-state index is 11.9. The van der Waals surface area contributed by atoms with Crippen molar-refractivity contribution >= 4 is 11.9 Å². The third-order valence-electron chi connectivity index (χ3n) is 2.83. The van der Waals surface area contributed by atoms with Crippen LogP contribution in [-0.4, -0.2) is 22.0 Å². The molecule has 0 radical (unpaired) electrons. The van der Waals surface area contributed by atoms with E-state index in [0.29, 0.717) is 12.1 Å². The second-order valence-electron chi connectivity index (χ2n) is 4.37. The average Bonchev–Trinajstić information content (AvgIpc) is 2.46. The van der Waals surface area contributed by atoms with Gasteiger partial charge in [0.1, 0.15) is 0 Å². The zero-order chi connectivity index (χ0) is 14.5. The number of amides is 1. The van der Waals surface area contributed by atoms with Crippen LogP contribution >= 0.6 is 0 Å². The van der Waals surface area contributed by atoms with E-state index in [4.69, 9.17) is 5.11 Å². The molecule has 0 bridgehead atoms. The molecule has 2 aromatic rings. The molecular formula is C15H14N2O3. The van der Waals surface area contributed by atoms with Crippen LogP contribution in [0.5, 0.6) is 0 Å². The molecule has 0 unspecified atom stereocenters. The van der Waals surface area contributed by atoms with Gasteiger partial charge in [-0.2, -0.15) is 0 Å². The Morgan fingerprint density at radius 3 is 2.30 bits per heavy atom. The van der Waals surface area contributed by atoms with E-state index in [9.17, 15) is 9.59 Å². The number of pyridine rings is 1. The van der Waals surface area contributed by atoms with Crippen LogP contribution in [0.25, 0.3) is 0 Å². The third-order valence-corrected chi connectivity index (χ3v) is 2.83. The number of rotatable bonds is 4. The summed E-state index contributed by atoms with van der Waals surface area (Å²) >= 11 is 0. The van der Waals surface area contributed by atoms with Crippen LogP contribution in [0.4, 0.5) is 0 Å². The normalized spacial score (nSPS) is 10.1. The Kier molecular flexibility index (Phi) is 4.10. The van der Waals surface area contributed by atoms with Crippen molar-refractivity contribution in [2.24, 2.45) is 0 Å². The molecule has 5 heteroatoms. The number of hydrogen-bond donors (Lipinski definition) is 2. The lowest BCUT2D eigenvalue weighted by Gasteiger charge is -2.06. The molecule has 0 atom stereocenters. The standard InChI is InChI=1S/C15H14N2O3/c1-10-2-5-13(9-16-10)14(18)17-8-11-3-6-12(7-4-11)15(19)20/h2-7,9H,8H2,1H3,(H,17,18)(H,19,20). The van der Waals surface area contributed by atoms with Crippen LogP contribution in [0.3, 0.4) is 0 Å². The number of carbonyl (C=O) groups excluding carboxylic acids is 1. The van der Waals surface area contributed by atoms with Crippen molar-refractivity contribution in [2.75, 3.05) is 0 Å². The molecule has 5 nitrogen and oxygen atoms in total. The number of aromatic nitrogens is 1. The van der Waals surface area contributed by atoms with Gasteiger partial charge < -0.3 is 10.4 Å². The number of aryl methyl sites for hydroxylation is 1. The summed E-state index contributed by atoms with van der Waals surface area (Å²) in [7, 11) is 0. The maximum atomic E-state index is 11.9. The van der Waals surface area contributed by atoms with Gasteiger partial charge in [0.05, 0.1) is 11.1 Å². The fourth-order valence-electron chi connectivity index (χ4n) is 1.65. The summed E-state index contributed by atoms with van der Waals surface area (Å²) in [5, 5.41) is 11.5. The van der Waals surface area contributed by atoms with Crippen LogP contribution in [-0.2, 0) is 6.54 Å². The van der Waals surface area contributed by atoms with E-state index in [-0.39, 0.29) is 11.5 Å². The first-order chi connectivity index (χ1) is 9.56. The van der Waals surface area contributed by atoms with Gasteiger partial charge in [-0.1, -0.05) is 12.1 Å². The first kappa shape index (κ1) is 13.7. The predicted octanol–water partition coefficient (Wildman–Crippen LogP) is 2.02. The first-order valence-corrected chi connectivity index (χ1v) is 6.09. The largest absolute Gasteiger partial charge is 0.478 e. The molecule has 1 amide bonds. The highest BCUT2D eigenvalue weighted by Crippen LogP contribution is 2.05. The summed E-state index contributed by atoms with van der Waals surface area (Å²) in [4.78, 5) is 26.6. The molecule has 2 N–H and O–H groups in total. The van der Waals surface area contributed by atoms with Crippen molar-refractivity contribution in [3.63, 3.8) is 0 Å². The third kappa shape index (κ3) is 3.41. The van der Waals surface area contributed by atoms with Crippen molar-refractivity contribution in [3.05, 3.63) is 65.0 Å². The van der Waals surface area contributed by atoms with Gasteiger partial charge in [-0.15, -0.1) is 0 Å². The first-order valence-electron chi connectivity index (χ1n) is 6.09. The Balaban J connectivity index is 1.96. The van der Waals surface area contributed by atoms with Crippen LogP contribution in [0, 0.1) is 6.92 Å². The molecule has 0 aliphatic carbocycles. The number of benzene rings is 1. The van der Waals surface area contributed by atoms with Crippen LogP contribution in [0.15, 0.2) is 42.6 Å². The van der Waals surface area contributed by atoms with Gasteiger partial charge in [-0.3, -0.25) is 9.78 Å². The smallest absolute Gasteiger partial charge is 0.335 e. The summed E-state index contributed by atoms with van der Waals surface area (Å²) in [6.07, 6.45) is 1.53. The number of nitrogens with zero attached hydrogens (tertiary/aromatic N) is 1. The monoisotopic (exact) mass is 270 g/mol. The minimum atomic E-state index is -0.966. The molecule has 20 heavy (non-hydrogen) atoms. The quantitative estimate of drug-likeness (QED) is 0.890. The molecule has 1 aromatic carbocycles. The Bertz CT molecular complexity index is 619.